The number of benzene rings is 1. The fourth-order valence-electron chi connectivity index (χ4n) is 3.32. The van der Waals surface area contributed by atoms with Gasteiger partial charge in [-0.3, -0.25) is 9.78 Å². The number of rotatable bonds is 3. The van der Waals surface area contributed by atoms with Crippen molar-refractivity contribution in [3.63, 3.8) is 0 Å². The zero-order chi connectivity index (χ0) is 18.2. The average molecular weight is 341 g/mol. The number of nitrogens with zero attached hydrogens (tertiary/aromatic N) is 2. The Hall–Kier alpha value is -2.14. The molecule has 1 aliphatic rings. The Morgan fingerprint density at radius 3 is 2.80 bits per heavy atom. The molecule has 5 nitrogen and oxygen atoms in total. The first-order valence-electron chi connectivity index (χ1n) is 8.90. The number of carbonyl (C=O) groups is 1. The largest absolute Gasteiger partial charge is 0.394 e. The van der Waals surface area contributed by atoms with E-state index in [1.54, 1.807) is 0 Å². The van der Waals surface area contributed by atoms with Gasteiger partial charge in [-0.25, -0.2) is 0 Å². The first-order valence-corrected chi connectivity index (χ1v) is 8.90. The first kappa shape index (κ1) is 17.7. The third-order valence-electron chi connectivity index (χ3n) is 4.75. The van der Waals surface area contributed by atoms with Crippen molar-refractivity contribution in [1.29, 1.82) is 0 Å². The molecule has 3 rings (SSSR count). The second-order valence-corrected chi connectivity index (χ2v) is 7.89. The van der Waals surface area contributed by atoms with Crippen LogP contribution in [0, 0.1) is 12.3 Å². The van der Waals surface area contributed by atoms with E-state index in [1.807, 2.05) is 45.9 Å². The minimum absolute atomic E-state index is 0.0142. The number of carbonyl (C=O) groups excluding carboxylic acids is 1. The Morgan fingerprint density at radius 2 is 2.12 bits per heavy atom. The van der Waals surface area contributed by atoms with Gasteiger partial charge in [0.1, 0.15) is 0 Å². The van der Waals surface area contributed by atoms with E-state index in [-0.39, 0.29) is 18.6 Å². The van der Waals surface area contributed by atoms with E-state index in [9.17, 15) is 9.90 Å². The highest BCUT2D eigenvalue weighted by Gasteiger charge is 2.26. The summed E-state index contributed by atoms with van der Waals surface area (Å²) in [6.07, 6.45) is 2.10. The Kier molecular flexibility index (Phi) is 4.69. The normalized spacial score (nSPS) is 18.0. The molecule has 2 N–H and O–H groups in total. The van der Waals surface area contributed by atoms with Crippen LogP contribution in [0.1, 0.15) is 39.3 Å². The monoisotopic (exact) mass is 341 g/mol. The lowest BCUT2D eigenvalue weighted by Crippen LogP contribution is -2.32. The van der Waals surface area contributed by atoms with E-state index >= 15 is 0 Å². The fraction of sp³-hybridized carbons (Fsp3) is 0.500. The molecule has 0 bridgehead atoms. The highest BCUT2D eigenvalue weighted by atomic mass is 16.3. The van der Waals surface area contributed by atoms with Crippen LogP contribution in [0.15, 0.2) is 24.3 Å². The Balaban J connectivity index is 2.00. The molecule has 5 heteroatoms. The number of aryl methyl sites for hydroxylation is 1. The van der Waals surface area contributed by atoms with Crippen molar-refractivity contribution < 1.29 is 9.90 Å². The fourth-order valence-corrected chi connectivity index (χ4v) is 3.32. The molecular formula is C20H27N3O2. The van der Waals surface area contributed by atoms with Crippen molar-refractivity contribution in [2.75, 3.05) is 23.4 Å². The number of pyridine rings is 1. The predicted molar refractivity (Wildman–Crippen MR) is 102 cm³/mol. The summed E-state index contributed by atoms with van der Waals surface area (Å²) in [5, 5.41) is 13.7. The van der Waals surface area contributed by atoms with Gasteiger partial charge in [-0.15, -0.1) is 0 Å². The number of fused-ring (bicyclic) bond motifs is 1. The molecule has 2 heterocycles. The van der Waals surface area contributed by atoms with E-state index in [1.165, 1.54) is 0 Å². The molecule has 1 fully saturated rings. The van der Waals surface area contributed by atoms with Gasteiger partial charge in [0.15, 0.2) is 0 Å². The average Bonchev–Trinajstić information content (AvgIpc) is 3.01. The molecule has 1 saturated heterocycles. The molecule has 134 valence electrons. The molecular weight excluding hydrogens is 314 g/mol. The molecule has 2 aromatic rings. The minimum atomic E-state index is -0.440. The molecule has 0 aliphatic carbocycles. The van der Waals surface area contributed by atoms with Crippen LogP contribution in [0.25, 0.3) is 10.9 Å². The Labute approximate surface area is 149 Å². The van der Waals surface area contributed by atoms with E-state index < -0.39 is 5.41 Å². The summed E-state index contributed by atoms with van der Waals surface area (Å²) in [5.74, 6) is -0.0142. The van der Waals surface area contributed by atoms with E-state index in [0.717, 1.165) is 47.4 Å². The first-order chi connectivity index (χ1) is 11.8. The number of hydrogen-bond donors (Lipinski definition) is 2. The van der Waals surface area contributed by atoms with Crippen LogP contribution in [0.5, 0.6) is 0 Å². The van der Waals surface area contributed by atoms with Crippen LogP contribution in [0.3, 0.4) is 0 Å². The van der Waals surface area contributed by atoms with Crippen molar-refractivity contribution in [3.8, 4) is 0 Å². The summed E-state index contributed by atoms with van der Waals surface area (Å²) in [6.45, 7) is 8.78. The summed E-state index contributed by atoms with van der Waals surface area (Å²) in [7, 11) is 0. The maximum Gasteiger partial charge on any atom is 0.229 e. The predicted octanol–water partition coefficient (Wildman–Crippen LogP) is 3.49. The number of aliphatic hydroxyl groups excluding tert-OH is 1. The lowest BCUT2D eigenvalue weighted by molar-refractivity contribution is -0.123. The smallest absolute Gasteiger partial charge is 0.229 e. The summed E-state index contributed by atoms with van der Waals surface area (Å²) < 4.78 is 0. The van der Waals surface area contributed by atoms with Crippen molar-refractivity contribution in [1.82, 2.24) is 4.98 Å². The van der Waals surface area contributed by atoms with Gasteiger partial charge in [-0.2, -0.15) is 0 Å². The van der Waals surface area contributed by atoms with Crippen LogP contribution in [-0.2, 0) is 4.79 Å². The second-order valence-electron chi connectivity index (χ2n) is 7.89. The standard InChI is InChI=1S/C20H27N3O2/c1-13-10-18(23-9-5-6-15(23)12-24)16-8-7-14(11-17(16)21-13)22-19(25)20(2,3)4/h7-8,10-11,15,24H,5-6,9,12H2,1-4H3,(H,22,25)/t15-/m0/s1. The van der Waals surface area contributed by atoms with Crippen molar-refractivity contribution in [3.05, 3.63) is 30.0 Å². The van der Waals surface area contributed by atoms with Gasteiger partial charge < -0.3 is 15.3 Å². The Morgan fingerprint density at radius 1 is 1.36 bits per heavy atom. The number of aromatic nitrogens is 1. The second kappa shape index (κ2) is 6.64. The van der Waals surface area contributed by atoms with Crippen molar-refractivity contribution in [2.45, 2.75) is 46.6 Å². The zero-order valence-corrected chi connectivity index (χ0v) is 15.5. The highest BCUT2D eigenvalue weighted by molar-refractivity contribution is 5.99. The molecule has 0 saturated carbocycles. The van der Waals surface area contributed by atoms with Crippen LogP contribution >= 0.6 is 0 Å². The van der Waals surface area contributed by atoms with Crippen LogP contribution in [0.4, 0.5) is 11.4 Å². The summed E-state index contributed by atoms with van der Waals surface area (Å²) in [6, 6.07) is 8.13. The van der Waals surface area contributed by atoms with Gasteiger partial charge in [0.25, 0.3) is 0 Å². The van der Waals surface area contributed by atoms with E-state index in [0.29, 0.717) is 0 Å². The molecule has 0 spiro atoms. The SMILES string of the molecule is Cc1cc(N2CCC[C@H]2CO)c2ccc(NC(=O)C(C)(C)C)cc2n1. The molecule has 1 aromatic carbocycles. The third-order valence-corrected chi connectivity index (χ3v) is 4.75. The summed E-state index contributed by atoms with van der Waals surface area (Å²) in [5.41, 5.74) is 3.24. The zero-order valence-electron chi connectivity index (χ0n) is 15.5. The third kappa shape index (κ3) is 3.61. The highest BCUT2D eigenvalue weighted by Crippen LogP contribution is 2.33. The summed E-state index contributed by atoms with van der Waals surface area (Å²) >= 11 is 0. The number of amides is 1. The minimum Gasteiger partial charge on any atom is -0.394 e. The lowest BCUT2D eigenvalue weighted by atomic mass is 9.95. The van der Waals surface area contributed by atoms with E-state index in [2.05, 4.69) is 21.3 Å². The number of nitrogens with one attached hydrogen (secondary N) is 1. The van der Waals surface area contributed by atoms with Gasteiger partial charge in [0.2, 0.25) is 5.91 Å². The van der Waals surface area contributed by atoms with Crippen molar-refractivity contribution in [2.24, 2.45) is 5.41 Å². The van der Waals surface area contributed by atoms with Crippen LogP contribution in [-0.4, -0.2) is 35.2 Å². The molecule has 0 radical (unpaired) electrons. The Bertz CT molecular complexity index is 795. The topological polar surface area (TPSA) is 65.5 Å². The van der Waals surface area contributed by atoms with Crippen LogP contribution < -0.4 is 10.2 Å². The molecule has 1 aromatic heterocycles. The summed E-state index contributed by atoms with van der Waals surface area (Å²) in [4.78, 5) is 19.2. The number of anilines is 2. The lowest BCUT2D eigenvalue weighted by Gasteiger charge is -2.27. The number of hydrogen-bond acceptors (Lipinski definition) is 4. The van der Waals surface area contributed by atoms with Crippen LogP contribution in [0.2, 0.25) is 0 Å². The maximum absolute atomic E-state index is 12.2. The van der Waals surface area contributed by atoms with Gasteiger partial charge in [0.05, 0.1) is 18.2 Å². The van der Waals surface area contributed by atoms with Gasteiger partial charge in [-0.05, 0) is 44.0 Å². The molecule has 1 atom stereocenters. The van der Waals surface area contributed by atoms with Gasteiger partial charge in [0, 0.05) is 34.4 Å². The quantitative estimate of drug-likeness (QED) is 0.897. The van der Waals surface area contributed by atoms with Gasteiger partial charge >= 0.3 is 0 Å². The maximum atomic E-state index is 12.2. The molecule has 0 unspecified atom stereocenters. The molecule has 1 aliphatic heterocycles. The molecule has 1 amide bonds. The van der Waals surface area contributed by atoms with Gasteiger partial charge in [-0.1, -0.05) is 20.8 Å². The van der Waals surface area contributed by atoms with E-state index in [4.69, 9.17) is 0 Å². The molecule has 25 heavy (non-hydrogen) atoms. The number of aliphatic hydroxyl groups is 1. The van der Waals surface area contributed by atoms with Crippen molar-refractivity contribution >= 4 is 28.2 Å².